The van der Waals surface area contributed by atoms with Crippen molar-refractivity contribution in [1.29, 1.82) is 0 Å². The van der Waals surface area contributed by atoms with Gasteiger partial charge in [-0.3, -0.25) is 4.79 Å². The zero-order valence-electron chi connectivity index (χ0n) is 18.4. The molecule has 0 spiro atoms. The summed E-state index contributed by atoms with van der Waals surface area (Å²) in [5, 5.41) is 16.0. The van der Waals surface area contributed by atoms with Gasteiger partial charge < -0.3 is 14.8 Å². The van der Waals surface area contributed by atoms with E-state index in [4.69, 9.17) is 9.47 Å². The van der Waals surface area contributed by atoms with Crippen molar-refractivity contribution in [2.24, 2.45) is 0 Å². The van der Waals surface area contributed by atoms with Crippen molar-refractivity contribution in [2.45, 2.75) is 38.0 Å². The van der Waals surface area contributed by atoms with Crippen molar-refractivity contribution in [1.82, 2.24) is 19.8 Å². The average molecular weight is 464 g/mol. The van der Waals surface area contributed by atoms with Crippen LogP contribution in [-0.2, 0) is 4.79 Å². The number of hydrogen-bond acceptors (Lipinski definition) is 7. The summed E-state index contributed by atoms with van der Waals surface area (Å²) in [6, 6.07) is 13.7. The molecule has 170 valence electrons. The van der Waals surface area contributed by atoms with E-state index in [1.165, 1.54) is 49.0 Å². The Hall–Kier alpha value is -3.46. The minimum atomic E-state index is -0.264. The van der Waals surface area contributed by atoms with E-state index in [0.717, 1.165) is 10.6 Å². The van der Waals surface area contributed by atoms with Crippen LogP contribution in [0.2, 0.25) is 0 Å². The molecular formula is C24H25N5O3S. The summed E-state index contributed by atoms with van der Waals surface area (Å²) in [6.45, 7) is -0.0904. The highest BCUT2D eigenvalue weighted by Crippen LogP contribution is 2.34. The number of rotatable bonds is 7. The van der Waals surface area contributed by atoms with Gasteiger partial charge in [-0.05, 0) is 54.7 Å². The van der Waals surface area contributed by atoms with Gasteiger partial charge in [0.25, 0.3) is 5.91 Å². The molecule has 5 rings (SSSR count). The first kappa shape index (κ1) is 21.4. The number of carbonyl (C=O) groups excluding carboxylic acids is 1. The summed E-state index contributed by atoms with van der Waals surface area (Å²) in [5.74, 6) is 1.63. The van der Waals surface area contributed by atoms with Gasteiger partial charge in [0, 0.05) is 5.56 Å². The predicted octanol–water partition coefficient (Wildman–Crippen LogP) is 4.93. The van der Waals surface area contributed by atoms with Crippen molar-refractivity contribution in [3.8, 4) is 22.1 Å². The van der Waals surface area contributed by atoms with Crippen molar-refractivity contribution >= 4 is 27.9 Å². The first-order valence-corrected chi connectivity index (χ1v) is 11.9. The Balaban J connectivity index is 1.23. The lowest BCUT2D eigenvalue weighted by Gasteiger charge is -2.22. The van der Waals surface area contributed by atoms with E-state index in [9.17, 15) is 4.79 Å². The molecule has 0 radical (unpaired) electrons. The van der Waals surface area contributed by atoms with E-state index in [1.54, 1.807) is 24.0 Å². The molecule has 4 aromatic rings. The van der Waals surface area contributed by atoms with Gasteiger partial charge in [0.15, 0.2) is 6.61 Å². The summed E-state index contributed by atoms with van der Waals surface area (Å²) in [6.07, 6.45) is 8.03. The molecule has 0 unspecified atom stereocenters. The second-order valence-corrected chi connectivity index (χ2v) is 9.08. The highest BCUT2D eigenvalue weighted by molar-refractivity contribution is 7.19. The van der Waals surface area contributed by atoms with E-state index in [1.807, 2.05) is 24.3 Å². The maximum Gasteiger partial charge on any atom is 0.262 e. The molecule has 0 atom stereocenters. The third-order valence-corrected chi connectivity index (χ3v) is 6.90. The summed E-state index contributed by atoms with van der Waals surface area (Å²) in [5.41, 5.74) is 2.77. The van der Waals surface area contributed by atoms with Crippen LogP contribution < -0.4 is 14.8 Å². The molecule has 2 aromatic carbocycles. The Morgan fingerprint density at radius 3 is 2.73 bits per heavy atom. The van der Waals surface area contributed by atoms with Gasteiger partial charge in [0.2, 0.25) is 4.96 Å². The molecule has 1 saturated carbocycles. The predicted molar refractivity (Wildman–Crippen MR) is 127 cm³/mol. The SMILES string of the molecule is COc1ccc(-c2nn3cnnc3s2)cc1NC(=O)COc1ccc(C2CCCCC2)cc1. The molecule has 1 N–H and O–H groups in total. The molecular weight excluding hydrogens is 438 g/mol. The quantitative estimate of drug-likeness (QED) is 0.418. The van der Waals surface area contributed by atoms with E-state index in [-0.39, 0.29) is 12.5 Å². The maximum atomic E-state index is 12.6. The van der Waals surface area contributed by atoms with Gasteiger partial charge in [-0.25, -0.2) is 0 Å². The van der Waals surface area contributed by atoms with Crippen LogP contribution in [0.15, 0.2) is 48.8 Å². The van der Waals surface area contributed by atoms with Gasteiger partial charge in [-0.1, -0.05) is 42.7 Å². The van der Waals surface area contributed by atoms with Crippen molar-refractivity contribution in [2.75, 3.05) is 19.0 Å². The molecule has 1 aliphatic carbocycles. The Labute approximate surface area is 195 Å². The van der Waals surface area contributed by atoms with Crippen LogP contribution in [0.25, 0.3) is 15.5 Å². The first-order chi connectivity index (χ1) is 16.2. The van der Waals surface area contributed by atoms with Crippen LogP contribution in [0.5, 0.6) is 11.5 Å². The van der Waals surface area contributed by atoms with Gasteiger partial charge in [0.05, 0.1) is 12.8 Å². The smallest absolute Gasteiger partial charge is 0.262 e. The van der Waals surface area contributed by atoms with Crippen molar-refractivity contribution in [3.63, 3.8) is 0 Å². The lowest BCUT2D eigenvalue weighted by molar-refractivity contribution is -0.118. The number of nitrogens with one attached hydrogen (secondary N) is 1. The van der Waals surface area contributed by atoms with Crippen molar-refractivity contribution in [3.05, 3.63) is 54.4 Å². The normalized spacial score (nSPS) is 14.3. The molecule has 0 saturated heterocycles. The third kappa shape index (κ3) is 4.83. The molecule has 1 fully saturated rings. The van der Waals surface area contributed by atoms with Gasteiger partial charge in [-0.15, -0.1) is 10.2 Å². The van der Waals surface area contributed by atoms with Crippen LogP contribution >= 0.6 is 11.3 Å². The van der Waals surface area contributed by atoms with Crippen LogP contribution in [-0.4, -0.2) is 39.4 Å². The second kappa shape index (κ2) is 9.58. The highest BCUT2D eigenvalue weighted by atomic mass is 32.1. The molecule has 8 nitrogen and oxygen atoms in total. The number of carbonyl (C=O) groups is 1. The summed E-state index contributed by atoms with van der Waals surface area (Å²) in [7, 11) is 1.57. The molecule has 33 heavy (non-hydrogen) atoms. The monoisotopic (exact) mass is 463 g/mol. The second-order valence-electron chi connectivity index (χ2n) is 8.12. The fourth-order valence-corrected chi connectivity index (χ4v) is 5.04. The molecule has 0 aliphatic heterocycles. The fraction of sp³-hybridized carbons (Fsp3) is 0.333. The van der Waals surface area contributed by atoms with Gasteiger partial charge >= 0.3 is 0 Å². The van der Waals surface area contributed by atoms with E-state index in [2.05, 4.69) is 32.7 Å². The Morgan fingerprint density at radius 1 is 1.15 bits per heavy atom. The van der Waals surface area contributed by atoms with Gasteiger partial charge in [-0.2, -0.15) is 9.61 Å². The number of hydrogen-bond donors (Lipinski definition) is 1. The Bertz CT molecular complexity index is 1220. The summed E-state index contributed by atoms with van der Waals surface area (Å²) < 4.78 is 12.8. The van der Waals surface area contributed by atoms with Crippen LogP contribution in [0.1, 0.15) is 43.6 Å². The van der Waals surface area contributed by atoms with E-state index < -0.39 is 0 Å². The maximum absolute atomic E-state index is 12.6. The largest absolute Gasteiger partial charge is 0.495 e. The number of fused-ring (bicyclic) bond motifs is 1. The zero-order valence-corrected chi connectivity index (χ0v) is 19.2. The number of ether oxygens (including phenoxy) is 2. The molecule has 1 amide bonds. The van der Waals surface area contributed by atoms with Crippen LogP contribution in [0.3, 0.4) is 0 Å². The Kier molecular flexibility index (Phi) is 6.21. The minimum absolute atomic E-state index is 0.0904. The topological polar surface area (TPSA) is 90.6 Å². The molecule has 9 heteroatoms. The zero-order chi connectivity index (χ0) is 22.6. The Morgan fingerprint density at radius 2 is 1.97 bits per heavy atom. The van der Waals surface area contributed by atoms with Crippen LogP contribution in [0.4, 0.5) is 5.69 Å². The van der Waals surface area contributed by atoms with Crippen molar-refractivity contribution < 1.29 is 14.3 Å². The van der Waals surface area contributed by atoms with Gasteiger partial charge in [0.1, 0.15) is 22.8 Å². The molecule has 2 aromatic heterocycles. The number of amides is 1. The molecule has 1 aliphatic rings. The fourth-order valence-electron chi connectivity index (χ4n) is 4.22. The van der Waals surface area contributed by atoms with Crippen LogP contribution in [0, 0.1) is 0 Å². The van der Waals surface area contributed by atoms with E-state index >= 15 is 0 Å². The summed E-state index contributed by atoms with van der Waals surface area (Å²) >= 11 is 1.42. The number of nitrogens with zero attached hydrogens (tertiary/aromatic N) is 4. The first-order valence-electron chi connectivity index (χ1n) is 11.1. The highest BCUT2D eigenvalue weighted by Gasteiger charge is 2.16. The number of aromatic nitrogens is 4. The minimum Gasteiger partial charge on any atom is -0.495 e. The standard InChI is InChI=1S/C24H25N5O3S/c1-31-21-12-9-18(23-28-29-15-25-27-24(29)33-23)13-20(21)26-22(30)14-32-19-10-7-17(8-11-19)16-5-3-2-4-6-16/h7-13,15-16H,2-6,14H2,1H3,(H,26,30). The average Bonchev–Trinajstić information content (AvgIpc) is 3.46. The number of anilines is 1. The molecule has 2 heterocycles. The third-order valence-electron chi connectivity index (χ3n) is 5.93. The van der Waals surface area contributed by atoms with E-state index in [0.29, 0.717) is 28.1 Å². The molecule has 0 bridgehead atoms. The summed E-state index contributed by atoms with van der Waals surface area (Å²) in [4.78, 5) is 13.3. The number of methoxy groups -OCH3 is 1. The lowest BCUT2D eigenvalue weighted by Crippen LogP contribution is -2.20. The lowest BCUT2D eigenvalue weighted by atomic mass is 9.84. The number of benzene rings is 2.